The van der Waals surface area contributed by atoms with E-state index in [2.05, 4.69) is 10.3 Å². The van der Waals surface area contributed by atoms with Crippen LogP contribution in [0.1, 0.15) is 12.6 Å². The normalized spacial score (nSPS) is 10.8. The molecule has 0 radical (unpaired) electrons. The number of aromatic nitrogens is 1. The Morgan fingerprint density at radius 3 is 2.76 bits per heavy atom. The largest absolute Gasteiger partial charge is 0.450 e. The molecule has 0 aliphatic heterocycles. The van der Waals surface area contributed by atoms with Crippen molar-refractivity contribution in [1.82, 2.24) is 4.98 Å². The Labute approximate surface area is 122 Å². The highest BCUT2D eigenvalue weighted by Crippen LogP contribution is 2.28. The molecule has 1 aromatic heterocycles. The Balaban J connectivity index is 2.15. The molecular formula is C17H16N2O2. The van der Waals surface area contributed by atoms with Gasteiger partial charge in [0.25, 0.3) is 0 Å². The molecule has 1 N–H and O–H groups in total. The van der Waals surface area contributed by atoms with Gasteiger partial charge in [0, 0.05) is 22.2 Å². The summed E-state index contributed by atoms with van der Waals surface area (Å²) in [6.07, 6.45) is -0.438. The molecule has 3 rings (SSSR count). The second-order valence-corrected chi connectivity index (χ2v) is 4.82. The number of amides is 1. The number of fused-ring (bicyclic) bond motifs is 3. The summed E-state index contributed by atoms with van der Waals surface area (Å²) in [4.78, 5) is 16.1. The Morgan fingerprint density at radius 2 is 1.95 bits per heavy atom. The van der Waals surface area contributed by atoms with Gasteiger partial charge in [0.1, 0.15) is 0 Å². The fourth-order valence-corrected chi connectivity index (χ4v) is 2.49. The van der Waals surface area contributed by atoms with E-state index in [1.54, 1.807) is 6.92 Å². The van der Waals surface area contributed by atoms with Gasteiger partial charge in [-0.2, -0.15) is 0 Å². The van der Waals surface area contributed by atoms with Crippen LogP contribution >= 0.6 is 0 Å². The van der Waals surface area contributed by atoms with Crippen molar-refractivity contribution in [2.24, 2.45) is 0 Å². The predicted octanol–water partition coefficient (Wildman–Crippen LogP) is 4.26. The lowest BCUT2D eigenvalue weighted by Crippen LogP contribution is -2.13. The van der Waals surface area contributed by atoms with Crippen LogP contribution in [0.15, 0.2) is 42.5 Å². The maximum Gasteiger partial charge on any atom is 0.411 e. The first kappa shape index (κ1) is 13.4. The van der Waals surface area contributed by atoms with Gasteiger partial charge in [0.15, 0.2) is 0 Å². The number of carbonyl (C=O) groups is 1. The summed E-state index contributed by atoms with van der Waals surface area (Å²) in [6, 6.07) is 13.8. The molecule has 0 bridgehead atoms. The molecule has 4 nitrogen and oxygen atoms in total. The molecule has 1 heterocycles. The van der Waals surface area contributed by atoms with Crippen molar-refractivity contribution in [3.63, 3.8) is 0 Å². The monoisotopic (exact) mass is 280 g/mol. The van der Waals surface area contributed by atoms with Crippen molar-refractivity contribution in [1.29, 1.82) is 0 Å². The van der Waals surface area contributed by atoms with Crippen LogP contribution < -0.4 is 5.32 Å². The quantitative estimate of drug-likeness (QED) is 0.713. The van der Waals surface area contributed by atoms with E-state index >= 15 is 0 Å². The molecule has 2 aromatic carbocycles. The zero-order chi connectivity index (χ0) is 14.8. The van der Waals surface area contributed by atoms with E-state index in [0.717, 1.165) is 33.1 Å². The summed E-state index contributed by atoms with van der Waals surface area (Å²) in [5.74, 6) is 0. The topological polar surface area (TPSA) is 51.2 Å². The highest BCUT2D eigenvalue weighted by Gasteiger charge is 2.08. The molecule has 21 heavy (non-hydrogen) atoms. The highest BCUT2D eigenvalue weighted by molar-refractivity contribution is 6.08. The van der Waals surface area contributed by atoms with Gasteiger partial charge in [-0.05, 0) is 37.4 Å². The number of pyridine rings is 1. The van der Waals surface area contributed by atoms with Gasteiger partial charge in [-0.25, -0.2) is 4.79 Å². The number of nitrogens with zero attached hydrogens (tertiary/aromatic N) is 1. The van der Waals surface area contributed by atoms with Crippen LogP contribution in [0.3, 0.4) is 0 Å². The van der Waals surface area contributed by atoms with Gasteiger partial charge in [0.2, 0.25) is 0 Å². The van der Waals surface area contributed by atoms with E-state index in [1.165, 1.54) is 0 Å². The van der Waals surface area contributed by atoms with Crippen molar-refractivity contribution in [3.05, 3.63) is 48.2 Å². The lowest BCUT2D eigenvalue weighted by molar-refractivity contribution is 0.168. The van der Waals surface area contributed by atoms with Crippen molar-refractivity contribution >= 4 is 33.5 Å². The lowest BCUT2D eigenvalue weighted by Gasteiger charge is -2.10. The van der Waals surface area contributed by atoms with Gasteiger partial charge in [-0.1, -0.05) is 24.3 Å². The van der Waals surface area contributed by atoms with E-state index in [0.29, 0.717) is 6.61 Å². The fourth-order valence-electron chi connectivity index (χ4n) is 2.49. The molecule has 4 heteroatoms. The first-order valence-electron chi connectivity index (χ1n) is 6.92. The van der Waals surface area contributed by atoms with Crippen LogP contribution in [-0.2, 0) is 4.74 Å². The summed E-state index contributed by atoms with van der Waals surface area (Å²) in [5.41, 5.74) is 2.65. The van der Waals surface area contributed by atoms with Crippen molar-refractivity contribution in [2.45, 2.75) is 13.8 Å². The number of nitrogens with one attached hydrogen (secondary N) is 1. The number of hydrogen-bond acceptors (Lipinski definition) is 3. The summed E-state index contributed by atoms with van der Waals surface area (Å²) in [6.45, 7) is 4.13. The zero-order valence-corrected chi connectivity index (χ0v) is 12.0. The summed E-state index contributed by atoms with van der Waals surface area (Å²) < 4.78 is 4.91. The molecule has 0 saturated carbocycles. The van der Waals surface area contributed by atoms with Gasteiger partial charge in [0.05, 0.1) is 12.1 Å². The summed E-state index contributed by atoms with van der Waals surface area (Å²) in [5, 5.41) is 5.97. The summed E-state index contributed by atoms with van der Waals surface area (Å²) >= 11 is 0. The number of benzene rings is 2. The van der Waals surface area contributed by atoms with Gasteiger partial charge >= 0.3 is 6.09 Å². The third kappa shape index (κ3) is 2.52. The zero-order valence-electron chi connectivity index (χ0n) is 12.0. The standard InChI is InChI=1S/C17H16N2O2/c1-3-21-17(20)19-12-8-9-13-11(2)18-16-7-5-4-6-14(16)15(13)10-12/h4-10H,3H2,1-2H3,(H,19,20). The average molecular weight is 280 g/mol. The first-order valence-corrected chi connectivity index (χ1v) is 6.92. The minimum Gasteiger partial charge on any atom is -0.450 e. The fraction of sp³-hybridized carbons (Fsp3) is 0.176. The Kier molecular flexibility index (Phi) is 3.44. The van der Waals surface area contributed by atoms with Crippen molar-refractivity contribution < 1.29 is 9.53 Å². The number of aryl methyl sites for hydroxylation is 1. The Hall–Kier alpha value is -2.62. The van der Waals surface area contributed by atoms with E-state index in [9.17, 15) is 4.79 Å². The van der Waals surface area contributed by atoms with E-state index in [-0.39, 0.29) is 0 Å². The average Bonchev–Trinajstić information content (AvgIpc) is 2.47. The predicted molar refractivity (Wildman–Crippen MR) is 84.6 cm³/mol. The highest BCUT2D eigenvalue weighted by atomic mass is 16.5. The number of anilines is 1. The van der Waals surface area contributed by atoms with Crippen LogP contribution in [0.4, 0.5) is 10.5 Å². The third-order valence-corrected chi connectivity index (χ3v) is 3.41. The smallest absolute Gasteiger partial charge is 0.411 e. The second kappa shape index (κ2) is 5.40. The molecule has 0 aliphatic rings. The Morgan fingerprint density at radius 1 is 1.14 bits per heavy atom. The second-order valence-electron chi connectivity index (χ2n) is 4.82. The maximum atomic E-state index is 11.5. The van der Waals surface area contributed by atoms with Crippen LogP contribution in [0.2, 0.25) is 0 Å². The lowest BCUT2D eigenvalue weighted by atomic mass is 10.0. The first-order chi connectivity index (χ1) is 10.2. The number of carbonyl (C=O) groups excluding carboxylic acids is 1. The SMILES string of the molecule is CCOC(=O)Nc1ccc2c(C)nc3ccccc3c2c1. The third-order valence-electron chi connectivity index (χ3n) is 3.41. The molecule has 0 fully saturated rings. The van der Waals surface area contributed by atoms with Crippen molar-refractivity contribution in [2.75, 3.05) is 11.9 Å². The van der Waals surface area contributed by atoms with Crippen LogP contribution in [0, 0.1) is 6.92 Å². The molecule has 0 unspecified atom stereocenters. The summed E-state index contributed by atoms with van der Waals surface area (Å²) in [7, 11) is 0. The number of hydrogen-bond donors (Lipinski definition) is 1. The Bertz CT molecular complexity index is 827. The van der Waals surface area contributed by atoms with Gasteiger partial charge in [-0.15, -0.1) is 0 Å². The van der Waals surface area contributed by atoms with E-state index in [1.807, 2.05) is 49.4 Å². The molecule has 106 valence electrons. The van der Waals surface area contributed by atoms with Crippen LogP contribution in [-0.4, -0.2) is 17.7 Å². The van der Waals surface area contributed by atoms with Gasteiger partial charge in [-0.3, -0.25) is 10.3 Å². The molecule has 1 amide bonds. The molecule has 0 aliphatic carbocycles. The molecule has 3 aromatic rings. The molecule has 0 saturated heterocycles. The van der Waals surface area contributed by atoms with E-state index < -0.39 is 6.09 Å². The molecule has 0 spiro atoms. The minimum absolute atomic E-state index is 0.353. The number of para-hydroxylation sites is 1. The van der Waals surface area contributed by atoms with Crippen molar-refractivity contribution in [3.8, 4) is 0 Å². The number of ether oxygens (including phenoxy) is 1. The molecule has 0 atom stereocenters. The van der Waals surface area contributed by atoms with Crippen LogP contribution in [0.25, 0.3) is 21.7 Å². The molecular weight excluding hydrogens is 264 g/mol. The number of rotatable bonds is 2. The van der Waals surface area contributed by atoms with Crippen LogP contribution in [0.5, 0.6) is 0 Å². The minimum atomic E-state index is -0.438. The van der Waals surface area contributed by atoms with Gasteiger partial charge < -0.3 is 4.74 Å². The maximum absolute atomic E-state index is 11.5. The van der Waals surface area contributed by atoms with E-state index in [4.69, 9.17) is 4.74 Å².